The molecule has 186 valence electrons. The van der Waals surface area contributed by atoms with E-state index in [0.717, 1.165) is 18.9 Å². The third-order valence-electron chi connectivity index (χ3n) is 5.57. The topological polar surface area (TPSA) is 104 Å². The van der Waals surface area contributed by atoms with Gasteiger partial charge in [0.05, 0.1) is 25.3 Å². The van der Waals surface area contributed by atoms with E-state index in [9.17, 15) is 13.2 Å². The number of nitrogens with one attached hydrogen (secondary N) is 1. The fourth-order valence-corrected chi connectivity index (χ4v) is 3.65. The summed E-state index contributed by atoms with van der Waals surface area (Å²) in [5.74, 6) is 2.03. The first-order valence-electron chi connectivity index (χ1n) is 10.9. The van der Waals surface area contributed by atoms with Gasteiger partial charge in [0.2, 0.25) is 0 Å². The van der Waals surface area contributed by atoms with Crippen molar-refractivity contribution in [1.29, 1.82) is 0 Å². The van der Waals surface area contributed by atoms with E-state index < -0.39 is 11.9 Å². The molecule has 1 aliphatic carbocycles. The number of nitrogens with zero attached hydrogens (tertiary/aromatic N) is 5. The highest BCUT2D eigenvalue weighted by atomic mass is 19.4. The summed E-state index contributed by atoms with van der Waals surface area (Å²) in [6.07, 6.45) is -2.44. The first kappa shape index (κ1) is 24.6. The molecule has 0 bridgehead atoms. The fraction of sp³-hybridized carbons (Fsp3) is 0.435. The van der Waals surface area contributed by atoms with Crippen molar-refractivity contribution in [2.75, 3.05) is 26.1 Å². The molecule has 1 N–H and O–H groups in total. The van der Waals surface area contributed by atoms with Gasteiger partial charge >= 0.3 is 6.18 Å². The summed E-state index contributed by atoms with van der Waals surface area (Å²) >= 11 is 0. The third kappa shape index (κ3) is 5.76. The van der Waals surface area contributed by atoms with Crippen LogP contribution >= 0.6 is 0 Å². The average Bonchev–Trinajstić information content (AvgIpc) is 3.67. The second-order valence-electron chi connectivity index (χ2n) is 8.10. The van der Waals surface area contributed by atoms with Crippen LogP contribution < -0.4 is 14.8 Å². The van der Waals surface area contributed by atoms with Crippen LogP contribution in [-0.2, 0) is 17.5 Å². The number of alkyl halides is 3. The van der Waals surface area contributed by atoms with Crippen LogP contribution in [-0.4, -0.2) is 53.6 Å². The van der Waals surface area contributed by atoms with Crippen LogP contribution in [0.5, 0.6) is 11.5 Å². The van der Waals surface area contributed by atoms with Gasteiger partial charge in [-0.05, 0) is 38.5 Å². The minimum Gasteiger partial charge on any atom is -0.493 e. The molecule has 3 aromatic rings. The molecule has 35 heavy (non-hydrogen) atoms. The maximum absolute atomic E-state index is 13.2. The van der Waals surface area contributed by atoms with Crippen molar-refractivity contribution in [3.8, 4) is 11.5 Å². The molecule has 4 rings (SSSR count). The van der Waals surface area contributed by atoms with Gasteiger partial charge in [0.25, 0.3) is 0 Å². The molecule has 1 fully saturated rings. The molecule has 9 nitrogen and oxygen atoms in total. The first-order chi connectivity index (χ1) is 16.7. The van der Waals surface area contributed by atoms with Crippen LogP contribution in [0.1, 0.15) is 30.2 Å². The number of fused-ring (bicyclic) bond motifs is 1. The molecule has 1 saturated carbocycles. The number of anilines is 1. The predicted octanol–water partition coefficient (Wildman–Crippen LogP) is 4.50. The quantitative estimate of drug-likeness (QED) is 0.414. The van der Waals surface area contributed by atoms with Crippen molar-refractivity contribution in [3.05, 3.63) is 35.5 Å². The van der Waals surface area contributed by atoms with E-state index in [2.05, 4.69) is 37.0 Å². The van der Waals surface area contributed by atoms with E-state index in [-0.39, 0.29) is 24.3 Å². The zero-order valence-corrected chi connectivity index (χ0v) is 19.5. The van der Waals surface area contributed by atoms with Crippen LogP contribution in [0, 0.1) is 12.8 Å². The van der Waals surface area contributed by atoms with Gasteiger partial charge in [-0.2, -0.15) is 13.2 Å². The van der Waals surface area contributed by atoms with Crippen molar-refractivity contribution >= 4 is 29.3 Å². The molecule has 12 heteroatoms. The Bertz CT molecular complexity index is 1230. The Hall–Kier alpha value is -3.54. The molecule has 1 unspecified atom stereocenters. The van der Waals surface area contributed by atoms with E-state index in [0.29, 0.717) is 46.6 Å². The number of halogens is 3. The summed E-state index contributed by atoms with van der Waals surface area (Å²) in [5.41, 5.74) is -0.521. The number of rotatable bonds is 10. The van der Waals surface area contributed by atoms with Gasteiger partial charge in [-0.15, -0.1) is 0 Å². The molecule has 1 atom stereocenters. The minimum absolute atomic E-state index is 0.0204. The van der Waals surface area contributed by atoms with Crippen molar-refractivity contribution in [2.24, 2.45) is 10.9 Å². The maximum Gasteiger partial charge on any atom is 0.433 e. The smallest absolute Gasteiger partial charge is 0.433 e. The van der Waals surface area contributed by atoms with Crippen LogP contribution in [0.4, 0.5) is 24.8 Å². The third-order valence-corrected chi connectivity index (χ3v) is 5.57. The largest absolute Gasteiger partial charge is 0.493 e. The average molecular weight is 490 g/mol. The second-order valence-corrected chi connectivity index (χ2v) is 8.10. The minimum atomic E-state index is -4.64. The van der Waals surface area contributed by atoms with Crippen molar-refractivity contribution in [2.45, 2.75) is 38.6 Å². The fourth-order valence-electron chi connectivity index (χ4n) is 3.65. The van der Waals surface area contributed by atoms with Crippen LogP contribution in [0.25, 0.3) is 10.9 Å². The number of aliphatic imine (C=N–C) groups is 1. The summed E-state index contributed by atoms with van der Waals surface area (Å²) < 4.78 is 56.6. The standard InChI is InChI=1S/C23H25F3N6O3/c1-12-29-15-8-16(33-3)17(35-11-18(34-4)13-5-6-13)7-14(15)22(30-12)28-10-21-31-19(23(24,25)26)9-20(27-2)32-21/h7-9,13,18H,2,5-6,10-11H2,1,3-4H3,(H,28,29,30). The van der Waals surface area contributed by atoms with Gasteiger partial charge in [-0.1, -0.05) is 0 Å². The molecule has 0 radical (unpaired) electrons. The second kappa shape index (κ2) is 9.98. The summed E-state index contributed by atoms with van der Waals surface area (Å²) in [6.45, 7) is 5.19. The highest BCUT2D eigenvalue weighted by Gasteiger charge is 2.34. The Kier molecular flexibility index (Phi) is 7.01. The zero-order valence-electron chi connectivity index (χ0n) is 19.5. The molecule has 2 aromatic heterocycles. The number of methoxy groups -OCH3 is 2. The number of hydrogen-bond acceptors (Lipinski definition) is 9. The molecule has 0 amide bonds. The Balaban J connectivity index is 1.64. The number of aryl methyl sites for hydroxylation is 1. The number of benzene rings is 1. The van der Waals surface area contributed by atoms with Crippen molar-refractivity contribution in [3.63, 3.8) is 0 Å². The van der Waals surface area contributed by atoms with E-state index in [1.165, 1.54) is 7.11 Å². The number of ether oxygens (including phenoxy) is 3. The normalized spacial score (nSPS) is 14.6. The summed E-state index contributed by atoms with van der Waals surface area (Å²) in [4.78, 5) is 20.0. The SMILES string of the molecule is C=Nc1cc(C(F)(F)F)nc(CNc2nc(C)nc3cc(OC)c(OCC(OC)C4CC4)cc23)n1. The van der Waals surface area contributed by atoms with E-state index in [4.69, 9.17) is 14.2 Å². The lowest BCUT2D eigenvalue weighted by molar-refractivity contribution is -0.141. The Labute approximate surface area is 199 Å². The Morgan fingerprint density at radius 2 is 1.89 bits per heavy atom. The van der Waals surface area contributed by atoms with E-state index in [1.54, 1.807) is 26.2 Å². The summed E-state index contributed by atoms with van der Waals surface area (Å²) in [6, 6.07) is 4.20. The summed E-state index contributed by atoms with van der Waals surface area (Å²) in [7, 11) is 3.19. The van der Waals surface area contributed by atoms with Gasteiger partial charge < -0.3 is 19.5 Å². The van der Waals surface area contributed by atoms with E-state index in [1.807, 2.05) is 0 Å². The number of hydrogen-bond donors (Lipinski definition) is 1. The molecule has 0 spiro atoms. The van der Waals surface area contributed by atoms with E-state index >= 15 is 0 Å². The number of aromatic nitrogens is 4. The van der Waals surface area contributed by atoms with Crippen molar-refractivity contribution < 1.29 is 27.4 Å². The van der Waals surface area contributed by atoms with Gasteiger partial charge in [0.1, 0.15) is 23.9 Å². The van der Waals surface area contributed by atoms with Gasteiger partial charge in [-0.25, -0.2) is 24.9 Å². The molecule has 1 aromatic carbocycles. The lowest BCUT2D eigenvalue weighted by Gasteiger charge is -2.18. The lowest BCUT2D eigenvalue weighted by Crippen LogP contribution is -2.22. The molecular formula is C23H25F3N6O3. The predicted molar refractivity (Wildman–Crippen MR) is 123 cm³/mol. The Morgan fingerprint density at radius 1 is 1.11 bits per heavy atom. The van der Waals surface area contributed by atoms with Gasteiger partial charge in [0.15, 0.2) is 23.1 Å². The van der Waals surface area contributed by atoms with Crippen molar-refractivity contribution in [1.82, 2.24) is 19.9 Å². The van der Waals surface area contributed by atoms with Gasteiger partial charge in [0, 0.05) is 24.6 Å². The maximum atomic E-state index is 13.2. The highest BCUT2D eigenvalue weighted by Crippen LogP contribution is 2.37. The van der Waals surface area contributed by atoms with Crippen LogP contribution in [0.2, 0.25) is 0 Å². The molecule has 0 aliphatic heterocycles. The summed E-state index contributed by atoms with van der Waals surface area (Å²) in [5, 5.41) is 3.62. The molecule has 2 heterocycles. The van der Waals surface area contributed by atoms with Gasteiger partial charge in [-0.3, -0.25) is 0 Å². The lowest BCUT2D eigenvalue weighted by atomic mass is 10.2. The highest BCUT2D eigenvalue weighted by molar-refractivity contribution is 5.91. The Morgan fingerprint density at radius 3 is 2.51 bits per heavy atom. The monoisotopic (exact) mass is 490 g/mol. The molecule has 0 saturated heterocycles. The van der Waals surface area contributed by atoms with Crippen LogP contribution in [0.15, 0.2) is 23.2 Å². The van der Waals surface area contributed by atoms with Crippen LogP contribution in [0.3, 0.4) is 0 Å². The molecule has 1 aliphatic rings. The molecular weight excluding hydrogens is 465 g/mol. The first-order valence-corrected chi connectivity index (χ1v) is 10.9. The zero-order chi connectivity index (χ0) is 25.2.